The molecule has 1 N–H and O–H groups in total. The van der Waals surface area contributed by atoms with Gasteiger partial charge in [-0.05, 0) is 38.5 Å². The van der Waals surface area contributed by atoms with Crippen LogP contribution in [0, 0.1) is 5.82 Å². The molecule has 0 aliphatic carbocycles. The summed E-state index contributed by atoms with van der Waals surface area (Å²) in [7, 11) is 0. The fourth-order valence-electron chi connectivity index (χ4n) is 2.12. The first-order valence-electron chi connectivity index (χ1n) is 7.60. The molecule has 0 atom stereocenters. The van der Waals surface area contributed by atoms with Crippen LogP contribution < -0.4 is 5.32 Å². The van der Waals surface area contributed by atoms with Gasteiger partial charge in [-0.15, -0.1) is 0 Å². The summed E-state index contributed by atoms with van der Waals surface area (Å²) >= 11 is 11.7. The zero-order valence-corrected chi connectivity index (χ0v) is 15.8. The van der Waals surface area contributed by atoms with Crippen LogP contribution in [0.15, 0.2) is 28.9 Å². The van der Waals surface area contributed by atoms with E-state index in [9.17, 15) is 18.8 Å². The molecule has 0 aliphatic rings. The summed E-state index contributed by atoms with van der Waals surface area (Å²) in [6.45, 7) is 5.14. The van der Waals surface area contributed by atoms with Gasteiger partial charge in [0.2, 0.25) is 0 Å². The lowest BCUT2D eigenvalue weighted by Crippen LogP contribution is -2.44. The van der Waals surface area contributed by atoms with Crippen molar-refractivity contribution < 1.29 is 23.2 Å². The molecule has 1 aromatic heterocycles. The van der Waals surface area contributed by atoms with Crippen molar-refractivity contribution in [1.29, 1.82) is 0 Å². The van der Waals surface area contributed by atoms with Gasteiger partial charge in [0.1, 0.15) is 17.1 Å². The number of carbonyl (C=O) groups is 3. The molecule has 2 rings (SSSR count). The number of furan rings is 1. The molecule has 0 unspecified atom stereocenters. The molecule has 0 bridgehead atoms. The Bertz CT molecular complexity index is 884. The number of nitrogens with one attached hydrogen (secondary N) is 1. The number of amides is 1. The van der Waals surface area contributed by atoms with Gasteiger partial charge in [-0.2, -0.15) is 0 Å². The van der Waals surface area contributed by atoms with Gasteiger partial charge in [-0.1, -0.05) is 29.3 Å². The lowest BCUT2D eigenvalue weighted by molar-refractivity contribution is -0.118. The lowest BCUT2D eigenvalue weighted by Gasteiger charge is -2.19. The van der Waals surface area contributed by atoms with Crippen molar-refractivity contribution in [3.05, 3.63) is 57.2 Å². The van der Waals surface area contributed by atoms with E-state index in [0.29, 0.717) is 5.56 Å². The summed E-state index contributed by atoms with van der Waals surface area (Å²) in [5.41, 5.74) is -0.192. The fraction of sp³-hybridized carbons (Fsp3) is 0.278. The smallest absolute Gasteiger partial charge is 0.296 e. The largest absolute Gasteiger partial charge is 0.458 e. The summed E-state index contributed by atoms with van der Waals surface area (Å²) in [5.74, 6) is -3.33. The highest BCUT2D eigenvalue weighted by Gasteiger charge is 2.29. The number of benzene rings is 1. The molecule has 138 valence electrons. The van der Waals surface area contributed by atoms with Crippen LogP contribution >= 0.6 is 23.2 Å². The second-order valence-corrected chi connectivity index (χ2v) is 7.46. The van der Waals surface area contributed by atoms with Gasteiger partial charge in [0, 0.05) is 12.0 Å². The van der Waals surface area contributed by atoms with Gasteiger partial charge in [0.25, 0.3) is 11.7 Å². The maximum atomic E-state index is 13.2. The Morgan fingerprint density at radius 3 is 2.42 bits per heavy atom. The molecular weight excluding hydrogens is 384 g/mol. The second kappa shape index (κ2) is 7.60. The van der Waals surface area contributed by atoms with E-state index < -0.39 is 34.6 Å². The van der Waals surface area contributed by atoms with E-state index in [4.69, 9.17) is 27.6 Å². The normalized spacial score (nSPS) is 11.3. The number of hydrogen-bond acceptors (Lipinski definition) is 4. The monoisotopic (exact) mass is 399 g/mol. The fourth-order valence-corrected chi connectivity index (χ4v) is 2.60. The van der Waals surface area contributed by atoms with Crippen molar-refractivity contribution in [1.82, 2.24) is 5.32 Å². The number of rotatable bonds is 5. The van der Waals surface area contributed by atoms with Crippen LogP contribution in [0.5, 0.6) is 0 Å². The van der Waals surface area contributed by atoms with Crippen LogP contribution in [-0.4, -0.2) is 23.0 Å². The average Bonchev–Trinajstić information content (AvgIpc) is 2.90. The minimum Gasteiger partial charge on any atom is -0.458 e. The van der Waals surface area contributed by atoms with Crippen molar-refractivity contribution in [3.8, 4) is 0 Å². The highest BCUT2D eigenvalue weighted by Crippen LogP contribution is 2.26. The molecule has 5 nitrogen and oxygen atoms in total. The Labute approximate surface area is 159 Å². The van der Waals surface area contributed by atoms with Crippen LogP contribution in [-0.2, 0) is 11.2 Å². The van der Waals surface area contributed by atoms with Crippen LogP contribution in [0.3, 0.4) is 0 Å². The number of hydrogen-bond donors (Lipinski definition) is 1. The summed E-state index contributed by atoms with van der Waals surface area (Å²) in [4.78, 5) is 36.5. The highest BCUT2D eigenvalue weighted by molar-refractivity contribution is 6.47. The summed E-state index contributed by atoms with van der Waals surface area (Å²) in [6.07, 6.45) is 0.897. The Morgan fingerprint density at radius 2 is 1.85 bits per heavy atom. The first-order valence-corrected chi connectivity index (χ1v) is 8.36. The van der Waals surface area contributed by atoms with Crippen molar-refractivity contribution >= 4 is 40.7 Å². The molecule has 0 spiro atoms. The molecule has 8 heteroatoms. The third-order valence-electron chi connectivity index (χ3n) is 3.28. The lowest BCUT2D eigenvalue weighted by atomic mass is 10.0. The molecule has 0 fully saturated rings. The van der Waals surface area contributed by atoms with Gasteiger partial charge < -0.3 is 9.73 Å². The third kappa shape index (κ3) is 4.71. The maximum Gasteiger partial charge on any atom is 0.296 e. The molecule has 1 aromatic carbocycles. The maximum absolute atomic E-state index is 13.2. The van der Waals surface area contributed by atoms with Crippen LogP contribution in [0.25, 0.3) is 0 Å². The van der Waals surface area contributed by atoms with E-state index >= 15 is 0 Å². The molecule has 26 heavy (non-hydrogen) atoms. The Balaban J connectivity index is 2.19. The zero-order valence-electron chi connectivity index (χ0n) is 14.3. The molecule has 0 aliphatic heterocycles. The SMILES string of the molecule is CC(C)(C)NC(=O)C(=O)c1occ(C(=O)Cc2ccc(F)c(Cl)c2)c1Cl. The Morgan fingerprint density at radius 1 is 1.19 bits per heavy atom. The zero-order chi connectivity index (χ0) is 19.6. The topological polar surface area (TPSA) is 76.4 Å². The summed E-state index contributed by atoms with van der Waals surface area (Å²) in [5, 5.41) is 2.15. The van der Waals surface area contributed by atoms with E-state index in [1.54, 1.807) is 20.8 Å². The number of Topliss-reactive ketones (excluding diaryl/α,β-unsaturated/α-hetero) is 2. The Hall–Kier alpha value is -2.18. The standard InChI is InChI=1S/C18H16Cl2FNO4/c1-18(2,3)22-17(25)15(24)16-14(20)10(8-26-16)13(23)7-9-4-5-12(21)11(19)6-9/h4-6,8H,7H2,1-3H3,(H,22,25). The van der Waals surface area contributed by atoms with Gasteiger partial charge >= 0.3 is 0 Å². The van der Waals surface area contributed by atoms with Crippen molar-refractivity contribution in [3.63, 3.8) is 0 Å². The van der Waals surface area contributed by atoms with Gasteiger partial charge in [0.05, 0.1) is 10.6 Å². The van der Waals surface area contributed by atoms with E-state index in [1.165, 1.54) is 12.1 Å². The van der Waals surface area contributed by atoms with Crippen LogP contribution in [0.2, 0.25) is 10.0 Å². The van der Waals surface area contributed by atoms with Crippen LogP contribution in [0.1, 0.15) is 47.2 Å². The van der Waals surface area contributed by atoms with Crippen LogP contribution in [0.4, 0.5) is 4.39 Å². The quantitative estimate of drug-likeness (QED) is 0.602. The molecule has 1 heterocycles. The van der Waals surface area contributed by atoms with E-state index in [0.717, 1.165) is 12.3 Å². The van der Waals surface area contributed by atoms with Gasteiger partial charge in [-0.3, -0.25) is 14.4 Å². The first kappa shape index (κ1) is 20.1. The Kier molecular flexibility index (Phi) is 5.88. The van der Waals surface area contributed by atoms with E-state index in [-0.39, 0.29) is 22.0 Å². The molecule has 0 radical (unpaired) electrons. The molecule has 0 saturated heterocycles. The summed E-state index contributed by atoms with van der Waals surface area (Å²) in [6, 6.07) is 3.88. The molecule has 2 aromatic rings. The second-order valence-electron chi connectivity index (χ2n) is 6.67. The van der Waals surface area contributed by atoms with Crippen molar-refractivity contribution in [2.24, 2.45) is 0 Å². The molecular formula is C18H16Cl2FNO4. The number of carbonyl (C=O) groups excluding carboxylic acids is 3. The van der Waals surface area contributed by atoms with Crippen molar-refractivity contribution in [2.45, 2.75) is 32.7 Å². The predicted octanol–water partition coefficient (Wildman–Crippen LogP) is 4.25. The minimum atomic E-state index is -0.978. The number of halogens is 3. The summed E-state index contributed by atoms with van der Waals surface area (Å²) < 4.78 is 18.2. The van der Waals surface area contributed by atoms with Gasteiger partial charge in [-0.25, -0.2) is 4.39 Å². The predicted molar refractivity (Wildman–Crippen MR) is 95.4 cm³/mol. The van der Waals surface area contributed by atoms with E-state index in [2.05, 4.69) is 5.32 Å². The van der Waals surface area contributed by atoms with Crippen molar-refractivity contribution in [2.75, 3.05) is 0 Å². The third-order valence-corrected chi connectivity index (χ3v) is 3.95. The first-order chi connectivity index (χ1) is 12.0. The average molecular weight is 400 g/mol. The molecule has 0 saturated carbocycles. The van der Waals surface area contributed by atoms with E-state index in [1.807, 2.05) is 0 Å². The highest BCUT2D eigenvalue weighted by atomic mass is 35.5. The van der Waals surface area contributed by atoms with Gasteiger partial charge in [0.15, 0.2) is 11.5 Å². The molecule has 1 amide bonds. The number of ketones is 2. The minimum absolute atomic E-state index is 0.0426.